The van der Waals surface area contributed by atoms with Crippen LogP contribution in [0.25, 0.3) is 0 Å². The second kappa shape index (κ2) is 8.48. The average molecular weight is 357 g/mol. The van der Waals surface area contributed by atoms with Crippen molar-refractivity contribution in [1.29, 1.82) is 0 Å². The highest BCUT2D eigenvalue weighted by molar-refractivity contribution is 6.30. The highest BCUT2D eigenvalue weighted by Gasteiger charge is 2.28. The van der Waals surface area contributed by atoms with Crippen molar-refractivity contribution < 1.29 is 0 Å². The minimum absolute atomic E-state index is 0.276. The lowest BCUT2D eigenvalue weighted by atomic mass is 9.91. The number of hydrogen-bond donors (Lipinski definition) is 1. The van der Waals surface area contributed by atoms with E-state index in [1.807, 2.05) is 12.1 Å². The largest absolute Gasteiger partial charge is 0.308 e. The van der Waals surface area contributed by atoms with Gasteiger partial charge in [0.15, 0.2) is 0 Å². The summed E-state index contributed by atoms with van der Waals surface area (Å²) < 4.78 is 0. The Kier molecular flexibility index (Phi) is 6.08. The maximum absolute atomic E-state index is 6.05. The summed E-state index contributed by atoms with van der Waals surface area (Å²) in [7, 11) is 4.17. The molecule has 5 heteroatoms. The Morgan fingerprint density at radius 2 is 1.84 bits per heavy atom. The Hall–Kier alpha value is -1.88. The quantitative estimate of drug-likeness (QED) is 0.772. The lowest BCUT2D eigenvalue weighted by Crippen LogP contribution is -2.34. The van der Waals surface area contributed by atoms with Gasteiger partial charge in [0.2, 0.25) is 0 Å². The first kappa shape index (κ1) is 17.9. The lowest BCUT2D eigenvalue weighted by Gasteiger charge is -2.18. The molecule has 0 fully saturated rings. The summed E-state index contributed by atoms with van der Waals surface area (Å²) in [5, 5.41) is 11.2. The average Bonchev–Trinajstić information content (AvgIpc) is 3.04. The van der Waals surface area contributed by atoms with Crippen LogP contribution in [-0.2, 0) is 0 Å². The van der Waals surface area contributed by atoms with E-state index < -0.39 is 0 Å². The highest BCUT2D eigenvalue weighted by Crippen LogP contribution is 2.28. The summed E-state index contributed by atoms with van der Waals surface area (Å²) in [4.78, 5) is 2.17. The zero-order valence-electron chi connectivity index (χ0n) is 14.8. The zero-order valence-corrected chi connectivity index (χ0v) is 15.6. The monoisotopic (exact) mass is 356 g/mol. The van der Waals surface area contributed by atoms with Gasteiger partial charge in [0.1, 0.15) is 0 Å². The molecule has 1 N–H and O–H groups in total. The smallest absolute Gasteiger partial charge is 0.0855 e. The maximum Gasteiger partial charge on any atom is 0.0855 e. The van der Waals surface area contributed by atoms with Crippen molar-refractivity contribution in [2.24, 2.45) is 5.10 Å². The molecular formula is C20H25ClN4. The van der Waals surface area contributed by atoms with Crippen LogP contribution >= 0.6 is 11.6 Å². The van der Waals surface area contributed by atoms with Crippen molar-refractivity contribution in [2.45, 2.75) is 5.92 Å². The van der Waals surface area contributed by atoms with E-state index in [0.717, 1.165) is 42.6 Å². The normalized spacial score (nSPS) is 17.2. The fourth-order valence-electron chi connectivity index (χ4n) is 3.00. The topological polar surface area (TPSA) is 30.9 Å². The van der Waals surface area contributed by atoms with Crippen LogP contribution in [-0.4, -0.2) is 56.0 Å². The van der Waals surface area contributed by atoms with Gasteiger partial charge in [-0.2, -0.15) is 5.10 Å². The molecule has 25 heavy (non-hydrogen) atoms. The van der Waals surface area contributed by atoms with Crippen LogP contribution in [0.1, 0.15) is 17.0 Å². The number of halogens is 1. The van der Waals surface area contributed by atoms with Crippen LogP contribution in [0.4, 0.5) is 0 Å². The molecule has 1 unspecified atom stereocenters. The highest BCUT2D eigenvalue weighted by atomic mass is 35.5. The molecule has 0 aliphatic carbocycles. The molecule has 2 aromatic rings. The maximum atomic E-state index is 6.05. The standard InChI is InChI=1S/C20H25ClN4/c1-24(2)13-12-22-15-25-14-19(16-6-4-3-5-7-16)20(23-25)17-8-10-18(21)11-9-17/h3-11,19,22H,12-15H2,1-2H3. The molecule has 1 aliphatic heterocycles. The predicted octanol–water partition coefficient (Wildman–Crippen LogP) is 3.25. The first-order chi connectivity index (χ1) is 12.1. The summed E-state index contributed by atoms with van der Waals surface area (Å²) in [6.45, 7) is 3.61. The Morgan fingerprint density at radius 3 is 2.52 bits per heavy atom. The van der Waals surface area contributed by atoms with E-state index in [4.69, 9.17) is 16.7 Å². The van der Waals surface area contributed by atoms with Gasteiger partial charge < -0.3 is 4.90 Å². The van der Waals surface area contributed by atoms with Crippen molar-refractivity contribution >= 4 is 17.3 Å². The van der Waals surface area contributed by atoms with E-state index >= 15 is 0 Å². The van der Waals surface area contributed by atoms with Crippen LogP contribution < -0.4 is 5.32 Å². The lowest BCUT2D eigenvalue weighted by molar-refractivity contribution is 0.276. The summed E-state index contributed by atoms with van der Waals surface area (Å²) in [5.74, 6) is 0.276. The number of hydrazone groups is 1. The second-order valence-corrected chi connectivity index (χ2v) is 7.04. The van der Waals surface area contributed by atoms with Gasteiger partial charge in [-0.3, -0.25) is 10.3 Å². The van der Waals surface area contributed by atoms with Crippen LogP contribution in [0, 0.1) is 0 Å². The molecule has 3 rings (SSSR count). The van der Waals surface area contributed by atoms with Gasteiger partial charge in [0, 0.05) is 24.0 Å². The third-order valence-electron chi connectivity index (χ3n) is 4.34. The first-order valence-corrected chi connectivity index (χ1v) is 9.01. The van der Waals surface area contributed by atoms with E-state index in [1.165, 1.54) is 5.56 Å². The van der Waals surface area contributed by atoms with Crippen LogP contribution in [0.5, 0.6) is 0 Å². The molecule has 1 atom stereocenters. The van der Waals surface area contributed by atoms with E-state index in [2.05, 4.69) is 71.8 Å². The molecule has 0 spiro atoms. The van der Waals surface area contributed by atoms with Gasteiger partial charge in [-0.1, -0.05) is 54.1 Å². The second-order valence-electron chi connectivity index (χ2n) is 6.61. The third-order valence-corrected chi connectivity index (χ3v) is 4.60. The van der Waals surface area contributed by atoms with E-state index in [-0.39, 0.29) is 5.92 Å². The van der Waals surface area contributed by atoms with E-state index in [9.17, 15) is 0 Å². The van der Waals surface area contributed by atoms with Crippen LogP contribution in [0.2, 0.25) is 5.02 Å². The number of nitrogens with one attached hydrogen (secondary N) is 1. The van der Waals surface area contributed by atoms with E-state index in [0.29, 0.717) is 0 Å². The molecule has 2 aromatic carbocycles. The Bertz CT molecular complexity index is 697. The van der Waals surface area contributed by atoms with Gasteiger partial charge >= 0.3 is 0 Å². The molecule has 0 amide bonds. The molecule has 1 aliphatic rings. The number of likely N-dealkylation sites (N-methyl/N-ethyl adjacent to an activating group) is 1. The fraction of sp³-hybridized carbons (Fsp3) is 0.350. The number of hydrogen-bond acceptors (Lipinski definition) is 4. The van der Waals surface area contributed by atoms with Gasteiger partial charge in [0.25, 0.3) is 0 Å². The molecule has 4 nitrogen and oxygen atoms in total. The molecule has 0 radical (unpaired) electrons. The van der Waals surface area contributed by atoms with Crippen LogP contribution in [0.15, 0.2) is 59.7 Å². The van der Waals surface area contributed by atoms with Gasteiger partial charge in [-0.25, -0.2) is 0 Å². The molecule has 0 bridgehead atoms. The Balaban J connectivity index is 1.76. The Labute approximate surface area is 155 Å². The summed E-state index contributed by atoms with van der Waals surface area (Å²) in [6.07, 6.45) is 0. The third kappa shape index (κ3) is 4.82. The predicted molar refractivity (Wildman–Crippen MR) is 105 cm³/mol. The number of benzene rings is 2. The SMILES string of the molecule is CN(C)CCNCN1CC(c2ccccc2)C(c2ccc(Cl)cc2)=N1. The van der Waals surface area contributed by atoms with Gasteiger partial charge in [-0.15, -0.1) is 0 Å². The fourth-order valence-corrected chi connectivity index (χ4v) is 3.12. The molecule has 0 aromatic heterocycles. The molecule has 0 saturated carbocycles. The minimum atomic E-state index is 0.276. The van der Waals surface area contributed by atoms with Crippen molar-refractivity contribution in [1.82, 2.24) is 15.2 Å². The molecule has 132 valence electrons. The van der Waals surface area contributed by atoms with Gasteiger partial charge in [0.05, 0.1) is 18.9 Å². The van der Waals surface area contributed by atoms with Crippen molar-refractivity contribution in [2.75, 3.05) is 40.4 Å². The zero-order chi connectivity index (χ0) is 17.6. The van der Waals surface area contributed by atoms with Crippen molar-refractivity contribution in [3.8, 4) is 0 Å². The molecular weight excluding hydrogens is 332 g/mol. The summed E-state index contributed by atoms with van der Waals surface area (Å²) in [6, 6.07) is 18.6. The van der Waals surface area contributed by atoms with Crippen molar-refractivity contribution in [3.05, 3.63) is 70.7 Å². The number of rotatable bonds is 7. The Morgan fingerprint density at radius 1 is 1.12 bits per heavy atom. The first-order valence-electron chi connectivity index (χ1n) is 8.63. The number of nitrogens with zero attached hydrogens (tertiary/aromatic N) is 3. The molecule has 1 heterocycles. The minimum Gasteiger partial charge on any atom is -0.308 e. The molecule has 0 saturated heterocycles. The van der Waals surface area contributed by atoms with Crippen LogP contribution in [0.3, 0.4) is 0 Å². The van der Waals surface area contributed by atoms with E-state index in [1.54, 1.807) is 0 Å². The summed E-state index contributed by atoms with van der Waals surface area (Å²) in [5.41, 5.74) is 3.54. The van der Waals surface area contributed by atoms with Gasteiger partial charge in [-0.05, 0) is 37.4 Å². The van der Waals surface area contributed by atoms with Crippen molar-refractivity contribution in [3.63, 3.8) is 0 Å². The summed E-state index contributed by atoms with van der Waals surface area (Å²) >= 11 is 6.05.